The van der Waals surface area contributed by atoms with E-state index in [1.165, 1.54) is 37.8 Å². The lowest BCUT2D eigenvalue weighted by Crippen LogP contribution is -3.00. The Morgan fingerprint density at radius 1 is 1.00 bits per heavy atom. The van der Waals surface area contributed by atoms with E-state index in [1.807, 2.05) is 0 Å². The molecular formula is C14H25ClN2. The van der Waals surface area contributed by atoms with Gasteiger partial charge < -0.3 is 17.3 Å². The fraction of sp³-hybridized carbons (Fsp3) is 0.643. The molecule has 0 aliphatic carbocycles. The van der Waals surface area contributed by atoms with Gasteiger partial charge in [0.15, 0.2) is 12.4 Å². The van der Waals surface area contributed by atoms with Crippen molar-refractivity contribution in [3.05, 3.63) is 24.5 Å². The third-order valence-electron chi connectivity index (χ3n) is 2.91. The number of aryl methyl sites for hydroxylation is 1. The molecule has 0 bridgehead atoms. The lowest BCUT2D eigenvalue weighted by atomic mass is 10.1. The van der Waals surface area contributed by atoms with Gasteiger partial charge in [0.05, 0.1) is 0 Å². The monoisotopic (exact) mass is 256 g/mol. The maximum Gasteiger partial charge on any atom is 0.170 e. The molecule has 0 aliphatic heterocycles. The second-order valence-corrected chi connectivity index (χ2v) is 4.60. The average molecular weight is 257 g/mol. The number of halogens is 1. The highest BCUT2D eigenvalue weighted by molar-refractivity contribution is 5.41. The zero-order chi connectivity index (χ0) is 11.8. The molecule has 1 rings (SSSR count). The molecule has 1 aromatic rings. The maximum absolute atomic E-state index is 2.28. The zero-order valence-electron chi connectivity index (χ0n) is 11.3. The highest BCUT2D eigenvalue weighted by atomic mass is 35.5. The summed E-state index contributed by atoms with van der Waals surface area (Å²) in [6, 6.07) is 4.35. The lowest BCUT2D eigenvalue weighted by Gasteiger charge is -2.10. The number of rotatable bonds is 7. The van der Waals surface area contributed by atoms with E-state index in [-0.39, 0.29) is 12.4 Å². The molecule has 17 heavy (non-hydrogen) atoms. The predicted molar refractivity (Wildman–Crippen MR) is 69.7 cm³/mol. The van der Waals surface area contributed by atoms with Crippen LogP contribution in [0.3, 0.4) is 0 Å². The van der Waals surface area contributed by atoms with Crippen molar-refractivity contribution >= 4 is 5.69 Å². The molecule has 3 heteroatoms. The van der Waals surface area contributed by atoms with Crippen LogP contribution in [0.15, 0.2) is 24.5 Å². The Labute approximate surface area is 112 Å². The van der Waals surface area contributed by atoms with Gasteiger partial charge in [-0.25, -0.2) is 4.57 Å². The van der Waals surface area contributed by atoms with Crippen molar-refractivity contribution in [3.63, 3.8) is 0 Å². The van der Waals surface area contributed by atoms with Crippen molar-refractivity contribution in [3.8, 4) is 0 Å². The van der Waals surface area contributed by atoms with Gasteiger partial charge in [-0.05, 0) is 6.42 Å². The minimum atomic E-state index is 0. The predicted octanol–water partition coefficient (Wildman–Crippen LogP) is 0.0145. The summed E-state index contributed by atoms with van der Waals surface area (Å²) in [4.78, 5) is 2.13. The second kappa shape index (κ2) is 9.29. The molecule has 0 atom stereocenters. The van der Waals surface area contributed by atoms with E-state index in [1.54, 1.807) is 0 Å². The highest BCUT2D eigenvalue weighted by Crippen LogP contribution is 2.06. The van der Waals surface area contributed by atoms with E-state index in [2.05, 4.69) is 55.0 Å². The van der Waals surface area contributed by atoms with Gasteiger partial charge >= 0.3 is 0 Å². The van der Waals surface area contributed by atoms with Crippen LogP contribution in [-0.2, 0) is 6.54 Å². The molecule has 98 valence electrons. The van der Waals surface area contributed by atoms with Crippen LogP contribution in [0.2, 0.25) is 0 Å². The van der Waals surface area contributed by atoms with Crippen LogP contribution in [0.25, 0.3) is 0 Å². The number of hydrogen-bond acceptors (Lipinski definition) is 1. The van der Waals surface area contributed by atoms with Crippen LogP contribution in [0.5, 0.6) is 0 Å². The first-order valence-electron chi connectivity index (χ1n) is 6.40. The first-order valence-corrected chi connectivity index (χ1v) is 6.40. The molecule has 1 heterocycles. The van der Waals surface area contributed by atoms with Gasteiger partial charge in [-0.2, -0.15) is 0 Å². The van der Waals surface area contributed by atoms with Crippen LogP contribution in [0.4, 0.5) is 5.69 Å². The van der Waals surface area contributed by atoms with Crippen LogP contribution in [0.1, 0.15) is 39.0 Å². The number of nitrogens with zero attached hydrogens (tertiary/aromatic N) is 2. The maximum atomic E-state index is 2.28. The molecule has 0 amide bonds. The Morgan fingerprint density at radius 3 is 2.12 bits per heavy atom. The van der Waals surface area contributed by atoms with Crippen LogP contribution < -0.4 is 21.9 Å². The van der Waals surface area contributed by atoms with E-state index in [0.29, 0.717) is 0 Å². The SMILES string of the molecule is CCCCCCC[n+]1ccc(N(C)C)cc1.[Cl-]. The number of anilines is 1. The van der Waals surface area contributed by atoms with Crippen molar-refractivity contribution in [2.24, 2.45) is 0 Å². The normalized spacial score (nSPS) is 9.82. The molecule has 0 saturated carbocycles. The summed E-state index contributed by atoms with van der Waals surface area (Å²) in [7, 11) is 4.15. The van der Waals surface area contributed by atoms with Crippen molar-refractivity contribution in [2.45, 2.75) is 45.6 Å². The van der Waals surface area contributed by atoms with Gasteiger partial charge in [-0.1, -0.05) is 26.2 Å². The van der Waals surface area contributed by atoms with Crippen LogP contribution in [0, 0.1) is 0 Å². The number of hydrogen-bond donors (Lipinski definition) is 0. The minimum absolute atomic E-state index is 0. The molecule has 0 aliphatic rings. The standard InChI is InChI=1S/C14H25N2.ClH/c1-4-5-6-7-8-11-16-12-9-14(10-13-16)15(2)3;/h9-10,12-13H,4-8,11H2,1-3H3;1H/q+1;/p-1. The fourth-order valence-corrected chi connectivity index (χ4v) is 1.79. The van der Waals surface area contributed by atoms with Crippen molar-refractivity contribution in [1.82, 2.24) is 0 Å². The summed E-state index contributed by atoms with van der Waals surface area (Å²) < 4.78 is 2.28. The van der Waals surface area contributed by atoms with Gasteiger partial charge in [0.25, 0.3) is 0 Å². The first kappa shape index (κ1) is 16.2. The molecule has 0 N–H and O–H groups in total. The number of pyridine rings is 1. The molecule has 0 fully saturated rings. The van der Waals surface area contributed by atoms with Gasteiger partial charge in [0.2, 0.25) is 0 Å². The summed E-state index contributed by atoms with van der Waals surface area (Å²) in [5.41, 5.74) is 1.27. The van der Waals surface area contributed by atoms with Crippen LogP contribution in [-0.4, -0.2) is 14.1 Å². The second-order valence-electron chi connectivity index (χ2n) is 4.60. The largest absolute Gasteiger partial charge is 1.00 e. The summed E-state index contributed by atoms with van der Waals surface area (Å²) in [5.74, 6) is 0. The summed E-state index contributed by atoms with van der Waals surface area (Å²) in [5, 5.41) is 0. The molecule has 0 radical (unpaired) electrons. The summed E-state index contributed by atoms with van der Waals surface area (Å²) in [6.45, 7) is 3.41. The first-order chi connectivity index (χ1) is 7.74. The van der Waals surface area contributed by atoms with Gasteiger partial charge in [-0.3, -0.25) is 0 Å². The Morgan fingerprint density at radius 2 is 1.59 bits per heavy atom. The highest BCUT2D eigenvalue weighted by Gasteiger charge is 2.01. The van der Waals surface area contributed by atoms with Crippen molar-refractivity contribution < 1.29 is 17.0 Å². The third kappa shape index (κ3) is 6.52. The van der Waals surface area contributed by atoms with E-state index in [0.717, 1.165) is 6.54 Å². The molecule has 0 saturated heterocycles. The molecule has 2 nitrogen and oxygen atoms in total. The Bertz CT molecular complexity index is 283. The Hall–Kier alpha value is -0.760. The topological polar surface area (TPSA) is 7.12 Å². The Kier molecular flexibility index (Phi) is 8.87. The summed E-state index contributed by atoms with van der Waals surface area (Å²) in [6.07, 6.45) is 11.1. The summed E-state index contributed by atoms with van der Waals surface area (Å²) >= 11 is 0. The molecule has 0 unspecified atom stereocenters. The molecule has 0 aromatic carbocycles. The number of aromatic nitrogens is 1. The molecule has 1 aromatic heterocycles. The zero-order valence-corrected chi connectivity index (χ0v) is 12.1. The molecular weight excluding hydrogens is 232 g/mol. The van der Waals surface area contributed by atoms with E-state index in [4.69, 9.17) is 0 Å². The van der Waals surface area contributed by atoms with E-state index >= 15 is 0 Å². The quantitative estimate of drug-likeness (QED) is 0.493. The lowest BCUT2D eigenvalue weighted by molar-refractivity contribution is -0.697. The average Bonchev–Trinajstić information content (AvgIpc) is 2.29. The van der Waals surface area contributed by atoms with Gasteiger partial charge in [-0.15, -0.1) is 0 Å². The van der Waals surface area contributed by atoms with Crippen LogP contribution >= 0.6 is 0 Å². The molecule has 0 spiro atoms. The minimum Gasteiger partial charge on any atom is -1.00 e. The smallest absolute Gasteiger partial charge is 0.170 e. The van der Waals surface area contributed by atoms with Crippen molar-refractivity contribution in [2.75, 3.05) is 19.0 Å². The number of unbranched alkanes of at least 4 members (excludes halogenated alkanes) is 4. The van der Waals surface area contributed by atoms with Gasteiger partial charge in [0.1, 0.15) is 6.54 Å². The third-order valence-corrected chi connectivity index (χ3v) is 2.91. The van der Waals surface area contributed by atoms with E-state index in [9.17, 15) is 0 Å². The van der Waals surface area contributed by atoms with E-state index < -0.39 is 0 Å². The Balaban J connectivity index is 0.00000256. The van der Waals surface area contributed by atoms with Gasteiger partial charge in [0, 0.05) is 38.3 Å². The van der Waals surface area contributed by atoms with Crippen molar-refractivity contribution in [1.29, 1.82) is 0 Å². The fourth-order valence-electron chi connectivity index (χ4n) is 1.79.